The lowest BCUT2D eigenvalue weighted by Gasteiger charge is -2.32. The Morgan fingerprint density at radius 2 is 1.59 bits per heavy atom. The van der Waals surface area contributed by atoms with Gasteiger partial charge in [-0.15, -0.1) is 13.2 Å². The first-order valence-electron chi connectivity index (χ1n) is 6.97. The molecule has 0 spiro atoms. The predicted octanol–water partition coefficient (Wildman–Crippen LogP) is 4.01. The predicted molar refractivity (Wildman–Crippen MR) is 71.4 cm³/mol. The van der Waals surface area contributed by atoms with Crippen molar-refractivity contribution in [2.75, 3.05) is 0 Å². The summed E-state index contributed by atoms with van der Waals surface area (Å²) in [5.74, 6) is -2.52. The lowest BCUT2D eigenvalue weighted by molar-refractivity contribution is -0.367. The number of hydrogen-bond acceptors (Lipinski definition) is 3. The molecule has 1 amide bonds. The van der Waals surface area contributed by atoms with Crippen LogP contribution >= 0.6 is 0 Å². The van der Waals surface area contributed by atoms with Gasteiger partial charge in [-0.1, -0.05) is 12.1 Å². The van der Waals surface area contributed by atoms with Gasteiger partial charge in [0.05, 0.1) is 12.5 Å². The molecule has 1 aromatic carbocycles. The molecule has 154 valence electrons. The molecule has 4 nitrogen and oxygen atoms in total. The minimum Gasteiger partial charge on any atom is -0.406 e. The van der Waals surface area contributed by atoms with Gasteiger partial charge in [0.15, 0.2) is 0 Å². The molecule has 2 N–H and O–H groups in total. The van der Waals surface area contributed by atoms with E-state index in [4.69, 9.17) is 5.11 Å². The SMILES string of the molecule is C[C@H](NC(=O)CC(O)(C(F)(F)F)C(F)(F)F)c1cccc(OC(F)(F)F)c1. The van der Waals surface area contributed by atoms with Crippen molar-refractivity contribution in [1.82, 2.24) is 5.32 Å². The topological polar surface area (TPSA) is 58.6 Å². The first-order valence-corrected chi connectivity index (χ1v) is 6.97. The average Bonchev–Trinajstić information content (AvgIpc) is 2.42. The molecular weight excluding hydrogens is 401 g/mol. The number of carbonyl (C=O) groups excluding carboxylic acids is 1. The zero-order valence-corrected chi connectivity index (χ0v) is 13.3. The van der Waals surface area contributed by atoms with Crippen molar-refractivity contribution in [1.29, 1.82) is 0 Å². The minimum atomic E-state index is -6.17. The summed E-state index contributed by atoms with van der Waals surface area (Å²) in [6.07, 6.45) is -19.7. The van der Waals surface area contributed by atoms with Gasteiger partial charge in [-0.05, 0) is 24.6 Å². The second-order valence-electron chi connectivity index (χ2n) is 5.44. The van der Waals surface area contributed by atoms with Gasteiger partial charge >= 0.3 is 18.7 Å². The number of benzene rings is 1. The van der Waals surface area contributed by atoms with Crippen molar-refractivity contribution in [3.05, 3.63) is 29.8 Å². The van der Waals surface area contributed by atoms with Crippen molar-refractivity contribution in [3.63, 3.8) is 0 Å². The lowest BCUT2D eigenvalue weighted by atomic mass is 9.97. The standard InChI is InChI=1S/C14H12F9NO3/c1-7(8-3-2-4-9(5-8)27-14(21,22)23)24-10(25)6-11(26,12(15,16)17)13(18,19)20/h2-5,7,26H,6H2,1H3,(H,24,25)/t7-/m0/s1. The molecule has 13 heteroatoms. The highest BCUT2D eigenvalue weighted by atomic mass is 19.4. The van der Waals surface area contributed by atoms with Gasteiger partial charge in [0.1, 0.15) is 5.75 Å². The van der Waals surface area contributed by atoms with Crippen molar-refractivity contribution < 1.29 is 54.2 Å². The number of amides is 1. The highest BCUT2D eigenvalue weighted by molar-refractivity contribution is 5.77. The largest absolute Gasteiger partial charge is 0.573 e. The van der Waals surface area contributed by atoms with E-state index in [9.17, 15) is 44.3 Å². The molecule has 0 aliphatic carbocycles. The van der Waals surface area contributed by atoms with E-state index in [-0.39, 0.29) is 5.56 Å². The number of nitrogens with one attached hydrogen (secondary N) is 1. The van der Waals surface area contributed by atoms with Crippen LogP contribution in [-0.4, -0.2) is 35.3 Å². The Morgan fingerprint density at radius 1 is 1.07 bits per heavy atom. The summed E-state index contributed by atoms with van der Waals surface area (Å²) in [6.45, 7) is 1.10. The third-order valence-electron chi connectivity index (χ3n) is 3.32. The summed E-state index contributed by atoms with van der Waals surface area (Å²) < 4.78 is 115. The van der Waals surface area contributed by atoms with Gasteiger partial charge in [0.25, 0.3) is 5.60 Å². The van der Waals surface area contributed by atoms with E-state index in [0.29, 0.717) is 0 Å². The van der Waals surface area contributed by atoms with Crippen LogP contribution in [0, 0.1) is 0 Å². The van der Waals surface area contributed by atoms with Gasteiger partial charge < -0.3 is 15.2 Å². The van der Waals surface area contributed by atoms with E-state index in [0.717, 1.165) is 31.2 Å². The van der Waals surface area contributed by atoms with E-state index in [1.807, 2.05) is 0 Å². The number of aliphatic hydroxyl groups is 1. The Morgan fingerprint density at radius 3 is 2.04 bits per heavy atom. The van der Waals surface area contributed by atoms with Gasteiger partial charge in [-0.25, -0.2) is 0 Å². The van der Waals surface area contributed by atoms with Gasteiger partial charge in [-0.2, -0.15) is 26.3 Å². The number of rotatable bonds is 5. The zero-order valence-electron chi connectivity index (χ0n) is 13.3. The first kappa shape index (κ1) is 22.9. The summed E-state index contributed by atoms with van der Waals surface area (Å²) >= 11 is 0. The molecule has 0 bridgehead atoms. The molecule has 0 radical (unpaired) electrons. The Labute approximate surface area is 145 Å². The van der Waals surface area contributed by atoms with Crippen molar-refractivity contribution >= 4 is 5.91 Å². The third kappa shape index (κ3) is 5.91. The molecule has 0 aromatic heterocycles. The fraction of sp³-hybridized carbons (Fsp3) is 0.500. The monoisotopic (exact) mass is 413 g/mol. The number of ether oxygens (including phenoxy) is 1. The van der Waals surface area contributed by atoms with Gasteiger partial charge in [0.2, 0.25) is 5.91 Å². The minimum absolute atomic E-state index is 0.0901. The number of carbonyl (C=O) groups is 1. The maximum atomic E-state index is 12.6. The summed E-state index contributed by atoms with van der Waals surface area (Å²) in [5, 5.41) is 10.7. The maximum Gasteiger partial charge on any atom is 0.573 e. The fourth-order valence-corrected chi connectivity index (χ4v) is 1.95. The van der Waals surface area contributed by atoms with Crippen LogP contribution in [0.2, 0.25) is 0 Å². The molecule has 0 unspecified atom stereocenters. The number of halogens is 9. The van der Waals surface area contributed by atoms with Gasteiger partial charge in [0, 0.05) is 0 Å². The van der Waals surface area contributed by atoms with Crippen molar-refractivity contribution in [2.24, 2.45) is 0 Å². The Kier molecular flexibility index (Phi) is 6.30. The van der Waals surface area contributed by atoms with E-state index in [1.165, 1.54) is 0 Å². The Balaban J connectivity index is 2.92. The molecule has 1 atom stereocenters. The molecule has 27 heavy (non-hydrogen) atoms. The normalized spacial score (nSPS) is 14.6. The molecular formula is C14H12F9NO3. The van der Waals surface area contributed by atoms with Crippen molar-refractivity contribution in [2.45, 2.75) is 43.7 Å². The third-order valence-corrected chi connectivity index (χ3v) is 3.32. The molecule has 0 aliphatic rings. The fourth-order valence-electron chi connectivity index (χ4n) is 1.95. The second-order valence-corrected chi connectivity index (χ2v) is 5.44. The second kappa shape index (κ2) is 7.44. The van der Waals surface area contributed by atoms with E-state index >= 15 is 0 Å². The average molecular weight is 413 g/mol. The molecule has 1 aromatic rings. The Bertz CT molecular complexity index is 653. The van der Waals surface area contributed by atoms with E-state index < -0.39 is 48.4 Å². The van der Waals surface area contributed by atoms with Crippen LogP contribution in [0.1, 0.15) is 24.9 Å². The zero-order chi connectivity index (χ0) is 21.3. The van der Waals surface area contributed by atoms with Crippen LogP contribution in [0.4, 0.5) is 39.5 Å². The van der Waals surface area contributed by atoms with Crippen LogP contribution in [0.15, 0.2) is 24.3 Å². The number of alkyl halides is 9. The molecule has 0 heterocycles. The lowest BCUT2D eigenvalue weighted by Crippen LogP contribution is -2.59. The number of hydrogen-bond donors (Lipinski definition) is 2. The quantitative estimate of drug-likeness (QED) is 0.718. The summed E-state index contributed by atoms with van der Waals surface area (Å²) in [5.41, 5.74) is -5.36. The highest BCUT2D eigenvalue weighted by Gasteiger charge is 2.71. The molecule has 1 rings (SSSR count). The van der Waals surface area contributed by atoms with Gasteiger partial charge in [-0.3, -0.25) is 4.79 Å². The van der Waals surface area contributed by atoms with Crippen LogP contribution < -0.4 is 10.1 Å². The van der Waals surface area contributed by atoms with Crippen LogP contribution in [0.3, 0.4) is 0 Å². The van der Waals surface area contributed by atoms with E-state index in [2.05, 4.69) is 4.74 Å². The summed E-state index contributed by atoms with van der Waals surface area (Å²) in [6, 6.07) is 2.64. The summed E-state index contributed by atoms with van der Waals surface area (Å²) in [4.78, 5) is 11.6. The van der Waals surface area contributed by atoms with Crippen LogP contribution in [0.25, 0.3) is 0 Å². The smallest absolute Gasteiger partial charge is 0.406 e. The molecule has 0 saturated carbocycles. The first-order chi connectivity index (χ1) is 12.0. The molecule has 0 aliphatic heterocycles. The molecule has 0 saturated heterocycles. The molecule has 0 fully saturated rings. The highest BCUT2D eigenvalue weighted by Crippen LogP contribution is 2.45. The van der Waals surface area contributed by atoms with E-state index in [1.54, 1.807) is 5.32 Å². The maximum absolute atomic E-state index is 12.6. The Hall–Kier alpha value is -2.18. The summed E-state index contributed by atoms with van der Waals surface area (Å²) in [7, 11) is 0. The van der Waals surface area contributed by atoms with Crippen molar-refractivity contribution in [3.8, 4) is 5.75 Å². The van der Waals surface area contributed by atoms with Crippen LogP contribution in [0.5, 0.6) is 5.75 Å². The van der Waals surface area contributed by atoms with Crippen LogP contribution in [-0.2, 0) is 4.79 Å².